The topological polar surface area (TPSA) is 19.6 Å². The molecule has 84 valence electrons. The van der Waals surface area contributed by atoms with Crippen molar-refractivity contribution in [3.8, 4) is 0 Å². The molecule has 1 saturated heterocycles. The highest BCUT2D eigenvalue weighted by molar-refractivity contribution is 5.16. The van der Waals surface area contributed by atoms with Gasteiger partial charge in [-0.2, -0.15) is 0 Å². The number of nitrogens with zero attached hydrogens (tertiary/aromatic N) is 2. The first-order valence-corrected chi connectivity index (χ1v) is 5.49. The molecule has 1 fully saturated rings. The van der Waals surface area contributed by atoms with Gasteiger partial charge in [-0.05, 0) is 40.1 Å². The molecule has 1 aromatic rings. The zero-order valence-corrected chi connectivity index (χ0v) is 10.1. The summed E-state index contributed by atoms with van der Waals surface area (Å²) in [5.74, 6) is 2.07. The molecule has 1 aliphatic heterocycles. The monoisotopic (exact) mass is 208 g/mol. The fourth-order valence-electron chi connectivity index (χ4n) is 2.28. The van der Waals surface area contributed by atoms with E-state index in [2.05, 4.69) is 36.9 Å². The summed E-state index contributed by atoms with van der Waals surface area (Å²) in [6.45, 7) is 7.50. The van der Waals surface area contributed by atoms with Crippen LogP contribution in [0.15, 0.2) is 16.5 Å². The number of hydrogen-bond donors (Lipinski definition) is 0. The number of furan rings is 1. The first kappa shape index (κ1) is 10.7. The highest BCUT2D eigenvalue weighted by Gasteiger charge is 2.38. The van der Waals surface area contributed by atoms with Gasteiger partial charge >= 0.3 is 0 Å². The van der Waals surface area contributed by atoms with Gasteiger partial charge in [0.25, 0.3) is 0 Å². The van der Waals surface area contributed by atoms with Crippen LogP contribution in [0.1, 0.15) is 18.4 Å². The highest BCUT2D eigenvalue weighted by Crippen LogP contribution is 2.31. The van der Waals surface area contributed by atoms with Gasteiger partial charge < -0.3 is 9.32 Å². The minimum Gasteiger partial charge on any atom is -0.464 e. The lowest BCUT2D eigenvalue weighted by molar-refractivity contribution is 0.0218. The standard InChI is InChI=1S/C12H20N2O/c1-10-5-6-11(15-10)12(2)9-13(3)7-8-14(12)4/h5-6H,7-9H2,1-4H3. The van der Waals surface area contributed by atoms with Gasteiger partial charge in [0.1, 0.15) is 11.5 Å². The van der Waals surface area contributed by atoms with Crippen LogP contribution in [0.2, 0.25) is 0 Å². The molecule has 2 heterocycles. The van der Waals surface area contributed by atoms with Crippen LogP contribution < -0.4 is 0 Å². The summed E-state index contributed by atoms with van der Waals surface area (Å²) >= 11 is 0. The number of likely N-dealkylation sites (N-methyl/N-ethyl adjacent to an activating group) is 2. The van der Waals surface area contributed by atoms with Crippen molar-refractivity contribution in [3.63, 3.8) is 0 Å². The highest BCUT2D eigenvalue weighted by atomic mass is 16.3. The van der Waals surface area contributed by atoms with Crippen LogP contribution in [0.5, 0.6) is 0 Å². The molecule has 0 amide bonds. The van der Waals surface area contributed by atoms with E-state index < -0.39 is 0 Å². The summed E-state index contributed by atoms with van der Waals surface area (Å²) in [5.41, 5.74) is 0.0151. The van der Waals surface area contributed by atoms with Gasteiger partial charge in [-0.15, -0.1) is 0 Å². The van der Waals surface area contributed by atoms with E-state index in [1.807, 2.05) is 13.0 Å². The van der Waals surface area contributed by atoms with Crippen molar-refractivity contribution in [2.45, 2.75) is 19.4 Å². The van der Waals surface area contributed by atoms with E-state index in [9.17, 15) is 0 Å². The number of piperazine rings is 1. The van der Waals surface area contributed by atoms with Crippen LogP contribution in [0.4, 0.5) is 0 Å². The predicted octanol–water partition coefficient (Wildman–Crippen LogP) is 1.68. The van der Waals surface area contributed by atoms with E-state index in [0.717, 1.165) is 31.2 Å². The van der Waals surface area contributed by atoms with E-state index >= 15 is 0 Å². The normalized spacial score (nSPS) is 29.6. The van der Waals surface area contributed by atoms with E-state index in [1.54, 1.807) is 0 Å². The summed E-state index contributed by atoms with van der Waals surface area (Å²) in [6.07, 6.45) is 0. The average molecular weight is 208 g/mol. The lowest BCUT2D eigenvalue weighted by atomic mass is 9.94. The van der Waals surface area contributed by atoms with E-state index in [4.69, 9.17) is 4.42 Å². The summed E-state index contributed by atoms with van der Waals surface area (Å²) < 4.78 is 5.78. The predicted molar refractivity (Wildman–Crippen MR) is 60.9 cm³/mol. The Balaban J connectivity index is 2.30. The Labute approximate surface area is 91.7 Å². The van der Waals surface area contributed by atoms with Crippen molar-refractivity contribution >= 4 is 0 Å². The van der Waals surface area contributed by atoms with Crippen molar-refractivity contribution in [3.05, 3.63) is 23.7 Å². The van der Waals surface area contributed by atoms with E-state index in [0.29, 0.717) is 0 Å². The summed E-state index contributed by atoms with van der Waals surface area (Å²) in [6, 6.07) is 4.15. The lowest BCUT2D eigenvalue weighted by Gasteiger charge is -2.45. The van der Waals surface area contributed by atoms with Gasteiger partial charge in [-0.1, -0.05) is 0 Å². The Morgan fingerprint density at radius 1 is 1.27 bits per heavy atom. The Morgan fingerprint density at radius 3 is 2.60 bits per heavy atom. The van der Waals surface area contributed by atoms with Gasteiger partial charge in [0.15, 0.2) is 0 Å². The summed E-state index contributed by atoms with van der Waals surface area (Å²) in [7, 11) is 4.34. The van der Waals surface area contributed by atoms with Crippen LogP contribution in [0.25, 0.3) is 0 Å². The van der Waals surface area contributed by atoms with Crippen LogP contribution in [-0.4, -0.2) is 43.5 Å². The molecule has 15 heavy (non-hydrogen) atoms. The zero-order valence-electron chi connectivity index (χ0n) is 10.1. The van der Waals surface area contributed by atoms with Crippen LogP contribution >= 0.6 is 0 Å². The molecule has 1 aliphatic rings. The zero-order chi connectivity index (χ0) is 11.1. The van der Waals surface area contributed by atoms with Crippen LogP contribution in [0, 0.1) is 6.92 Å². The van der Waals surface area contributed by atoms with Crippen molar-refractivity contribution < 1.29 is 4.42 Å². The fraction of sp³-hybridized carbons (Fsp3) is 0.667. The van der Waals surface area contributed by atoms with Crippen LogP contribution in [0.3, 0.4) is 0 Å². The molecule has 0 bridgehead atoms. The molecule has 1 unspecified atom stereocenters. The lowest BCUT2D eigenvalue weighted by Crippen LogP contribution is -2.55. The van der Waals surface area contributed by atoms with Crippen molar-refractivity contribution in [1.82, 2.24) is 9.80 Å². The molecule has 2 rings (SSSR count). The number of aryl methyl sites for hydroxylation is 1. The Morgan fingerprint density at radius 2 is 2.00 bits per heavy atom. The van der Waals surface area contributed by atoms with Gasteiger partial charge in [0.2, 0.25) is 0 Å². The molecule has 3 nitrogen and oxygen atoms in total. The van der Waals surface area contributed by atoms with Crippen molar-refractivity contribution in [1.29, 1.82) is 0 Å². The Hall–Kier alpha value is -0.800. The summed E-state index contributed by atoms with van der Waals surface area (Å²) in [4.78, 5) is 4.74. The molecule has 1 atom stereocenters. The molecule has 0 aromatic carbocycles. The maximum Gasteiger partial charge on any atom is 0.125 e. The van der Waals surface area contributed by atoms with Gasteiger partial charge in [-0.3, -0.25) is 4.90 Å². The number of hydrogen-bond acceptors (Lipinski definition) is 3. The smallest absolute Gasteiger partial charge is 0.125 e. The maximum absolute atomic E-state index is 5.78. The van der Waals surface area contributed by atoms with Gasteiger partial charge in [-0.25, -0.2) is 0 Å². The molecule has 0 aliphatic carbocycles. The SMILES string of the molecule is Cc1ccc(C2(C)CN(C)CCN2C)o1. The van der Waals surface area contributed by atoms with E-state index in [-0.39, 0.29) is 5.54 Å². The third kappa shape index (κ3) is 1.82. The second-order valence-electron chi connectivity index (χ2n) is 4.84. The molecule has 3 heteroatoms. The van der Waals surface area contributed by atoms with Crippen molar-refractivity contribution in [2.75, 3.05) is 33.7 Å². The van der Waals surface area contributed by atoms with Gasteiger partial charge in [0, 0.05) is 19.6 Å². The van der Waals surface area contributed by atoms with Crippen LogP contribution in [-0.2, 0) is 5.54 Å². The third-order valence-corrected chi connectivity index (χ3v) is 3.51. The van der Waals surface area contributed by atoms with Gasteiger partial charge in [0.05, 0.1) is 5.54 Å². The maximum atomic E-state index is 5.78. The molecule has 1 aromatic heterocycles. The molecular weight excluding hydrogens is 188 g/mol. The summed E-state index contributed by atoms with van der Waals surface area (Å²) in [5, 5.41) is 0. The first-order chi connectivity index (χ1) is 7.02. The molecule has 0 radical (unpaired) electrons. The second-order valence-corrected chi connectivity index (χ2v) is 4.84. The Kier molecular flexibility index (Phi) is 2.61. The van der Waals surface area contributed by atoms with E-state index in [1.165, 1.54) is 0 Å². The average Bonchev–Trinajstić information content (AvgIpc) is 2.59. The molecule has 0 N–H and O–H groups in total. The molecular formula is C12H20N2O. The third-order valence-electron chi connectivity index (χ3n) is 3.51. The minimum absolute atomic E-state index is 0.0151. The number of rotatable bonds is 1. The quantitative estimate of drug-likeness (QED) is 0.700. The molecule has 0 saturated carbocycles. The first-order valence-electron chi connectivity index (χ1n) is 5.49. The minimum atomic E-state index is 0.0151. The van der Waals surface area contributed by atoms with Crippen molar-refractivity contribution in [2.24, 2.45) is 0 Å². The Bertz CT molecular complexity index is 347. The molecule has 0 spiro atoms. The second kappa shape index (κ2) is 3.65. The fourth-order valence-corrected chi connectivity index (χ4v) is 2.28. The largest absolute Gasteiger partial charge is 0.464 e.